The molecule has 0 amide bonds. The molecule has 2 aliphatic carbocycles. The maximum absolute atomic E-state index is 2.93. The van der Waals surface area contributed by atoms with E-state index in [4.69, 9.17) is 0 Å². The van der Waals surface area contributed by atoms with Gasteiger partial charge in [-0.1, -0.05) is 226 Å². The standard InChI is InChI=1S/C75H82BN3/c1-69(2,3)48-28-33-52(34-29-48)77(53-35-30-49(31-36-53)70(4,5)6)54-45-63-66-64(46-54)79-67-59(74(15)40-22-23-41-75(74,79)16)43-51(72(10,11)12)44-61(67)76(66)60-38-37-56-55-26-20-21-27-58(55)73(13,14)65(56)68(60)78(63)62-39-32-50(71(7,8)9)42-57(62)47-24-18-17-19-25-47/h17-21,24-39,42-46H,22-23,40-41H2,1-16H3. The SMILES string of the molecule is CC(C)(C)c1ccc(N(c2ccc(C(C)(C)C)cc2)c2cc3c4c(c2)N2c5c(cc(C(C)(C)C)cc5C5(C)CCCCC25C)B4c2ccc4c(c2N3c2ccc(C(C)(C)C)cc2-c2ccccc2)C(C)(C)c2ccccc2-4)cc1. The van der Waals surface area contributed by atoms with E-state index in [-0.39, 0.29) is 44.7 Å². The summed E-state index contributed by atoms with van der Waals surface area (Å²) in [6, 6.07) is 62.5. The Kier molecular flexibility index (Phi) is 11.2. The molecule has 13 rings (SSSR count). The first-order valence-electron chi connectivity index (χ1n) is 29.7. The molecule has 4 heteroatoms. The van der Waals surface area contributed by atoms with Crippen LogP contribution in [0.1, 0.15) is 175 Å². The van der Waals surface area contributed by atoms with Gasteiger partial charge in [-0.05, 0) is 162 Å². The molecule has 0 aromatic heterocycles. The summed E-state index contributed by atoms with van der Waals surface area (Å²) in [5, 5.41) is 0. The fourth-order valence-corrected chi connectivity index (χ4v) is 15.2. The molecule has 0 bridgehead atoms. The van der Waals surface area contributed by atoms with E-state index in [1.807, 2.05) is 0 Å². The van der Waals surface area contributed by atoms with E-state index < -0.39 is 0 Å². The average Bonchev–Trinajstić information content (AvgIpc) is 2.95. The van der Waals surface area contributed by atoms with E-state index in [1.54, 1.807) is 5.56 Å². The second-order valence-corrected chi connectivity index (χ2v) is 29.4. The van der Waals surface area contributed by atoms with Gasteiger partial charge in [-0.2, -0.15) is 0 Å². The molecule has 0 spiro atoms. The first kappa shape index (κ1) is 51.6. The zero-order chi connectivity index (χ0) is 55.7. The molecule has 1 fully saturated rings. The van der Waals surface area contributed by atoms with Crippen LogP contribution in [0.5, 0.6) is 0 Å². The summed E-state index contributed by atoms with van der Waals surface area (Å²) < 4.78 is 0. The number of hydrogen-bond donors (Lipinski definition) is 0. The highest BCUT2D eigenvalue weighted by molar-refractivity contribution is 7.00. The van der Waals surface area contributed by atoms with Crippen molar-refractivity contribution >= 4 is 68.6 Å². The molecule has 8 aromatic rings. The lowest BCUT2D eigenvalue weighted by molar-refractivity contribution is 0.195. The third kappa shape index (κ3) is 7.58. The van der Waals surface area contributed by atoms with Crippen molar-refractivity contribution in [1.82, 2.24) is 0 Å². The number of rotatable bonds is 5. The minimum atomic E-state index is -0.298. The summed E-state index contributed by atoms with van der Waals surface area (Å²) in [5.74, 6) is 0. The molecule has 400 valence electrons. The summed E-state index contributed by atoms with van der Waals surface area (Å²) in [7, 11) is 0. The van der Waals surface area contributed by atoms with Gasteiger partial charge in [0, 0.05) is 50.5 Å². The predicted molar refractivity (Wildman–Crippen MR) is 341 cm³/mol. The fourth-order valence-electron chi connectivity index (χ4n) is 15.2. The van der Waals surface area contributed by atoms with Crippen LogP contribution in [0.25, 0.3) is 22.3 Å². The Hall–Kier alpha value is -6.78. The highest BCUT2D eigenvalue weighted by Gasteiger charge is 2.62. The van der Waals surface area contributed by atoms with Crippen LogP contribution in [0.2, 0.25) is 0 Å². The topological polar surface area (TPSA) is 9.72 Å². The molecule has 8 aromatic carbocycles. The first-order chi connectivity index (χ1) is 37.2. The average molecular weight is 1040 g/mol. The van der Waals surface area contributed by atoms with Crippen molar-refractivity contribution in [2.24, 2.45) is 0 Å². The van der Waals surface area contributed by atoms with Crippen LogP contribution in [0.15, 0.2) is 158 Å². The smallest absolute Gasteiger partial charge is 0.252 e. The van der Waals surface area contributed by atoms with E-state index >= 15 is 0 Å². The summed E-state index contributed by atoms with van der Waals surface area (Å²) >= 11 is 0. The van der Waals surface area contributed by atoms with Crippen molar-refractivity contribution in [3.8, 4) is 22.3 Å². The lowest BCUT2D eigenvalue weighted by Crippen LogP contribution is -2.65. The van der Waals surface area contributed by atoms with Gasteiger partial charge >= 0.3 is 0 Å². The molecular weight excluding hydrogens is 954 g/mol. The molecule has 0 saturated heterocycles. The quantitative estimate of drug-likeness (QED) is 0.159. The van der Waals surface area contributed by atoms with Gasteiger partial charge in [0.15, 0.2) is 0 Å². The van der Waals surface area contributed by atoms with Crippen molar-refractivity contribution in [2.75, 3.05) is 14.7 Å². The Balaban J connectivity index is 1.22. The summed E-state index contributed by atoms with van der Waals surface area (Å²) in [4.78, 5) is 8.30. The van der Waals surface area contributed by atoms with Crippen molar-refractivity contribution in [1.29, 1.82) is 0 Å². The Labute approximate surface area is 474 Å². The Morgan fingerprint density at radius 3 is 1.62 bits per heavy atom. The second kappa shape index (κ2) is 17.1. The van der Waals surface area contributed by atoms with E-state index in [1.165, 1.54) is 125 Å². The molecule has 0 N–H and O–H groups in total. The molecule has 79 heavy (non-hydrogen) atoms. The number of benzene rings is 8. The van der Waals surface area contributed by atoms with Gasteiger partial charge in [-0.25, -0.2) is 0 Å². The van der Waals surface area contributed by atoms with Gasteiger partial charge < -0.3 is 14.7 Å². The Morgan fingerprint density at radius 2 is 1.00 bits per heavy atom. The van der Waals surface area contributed by atoms with Gasteiger partial charge in [0.1, 0.15) is 0 Å². The largest absolute Gasteiger partial charge is 0.335 e. The van der Waals surface area contributed by atoms with Gasteiger partial charge in [-0.3, -0.25) is 0 Å². The van der Waals surface area contributed by atoms with Crippen molar-refractivity contribution in [2.45, 2.75) is 174 Å². The minimum absolute atomic E-state index is 0.0130. The number of hydrogen-bond acceptors (Lipinski definition) is 3. The molecule has 2 unspecified atom stereocenters. The molecule has 3 aliphatic heterocycles. The maximum Gasteiger partial charge on any atom is 0.252 e. The highest BCUT2D eigenvalue weighted by atomic mass is 15.3. The third-order valence-corrected chi connectivity index (χ3v) is 20.0. The lowest BCUT2D eigenvalue weighted by atomic mass is 9.33. The fraction of sp³-hybridized carbons (Fsp3) is 0.360. The number of nitrogens with zero attached hydrogens (tertiary/aromatic N) is 3. The van der Waals surface area contributed by atoms with Crippen LogP contribution in [-0.4, -0.2) is 12.3 Å². The number of fused-ring (bicyclic) bond motifs is 11. The molecule has 1 saturated carbocycles. The molecule has 5 aliphatic rings. The maximum atomic E-state index is 2.93. The van der Waals surface area contributed by atoms with Gasteiger partial charge in [0.05, 0.1) is 16.9 Å². The van der Waals surface area contributed by atoms with E-state index in [9.17, 15) is 0 Å². The monoisotopic (exact) mass is 1040 g/mol. The second-order valence-electron chi connectivity index (χ2n) is 29.4. The van der Waals surface area contributed by atoms with Crippen LogP contribution in [0.3, 0.4) is 0 Å². The third-order valence-electron chi connectivity index (χ3n) is 20.0. The van der Waals surface area contributed by atoms with Crippen LogP contribution in [-0.2, 0) is 32.5 Å². The minimum Gasteiger partial charge on any atom is -0.335 e. The molecule has 3 nitrogen and oxygen atoms in total. The summed E-state index contributed by atoms with van der Waals surface area (Å²) in [5.41, 5.74) is 28.6. The zero-order valence-electron chi connectivity index (χ0n) is 50.3. The molecule has 3 heterocycles. The van der Waals surface area contributed by atoms with Crippen LogP contribution >= 0.6 is 0 Å². The zero-order valence-corrected chi connectivity index (χ0v) is 50.3. The predicted octanol–water partition coefficient (Wildman–Crippen LogP) is 18.7. The van der Waals surface area contributed by atoms with Crippen LogP contribution < -0.4 is 31.1 Å². The van der Waals surface area contributed by atoms with Crippen molar-refractivity contribution in [3.63, 3.8) is 0 Å². The van der Waals surface area contributed by atoms with Gasteiger partial charge in [-0.15, -0.1) is 0 Å². The van der Waals surface area contributed by atoms with E-state index in [2.05, 4.69) is 283 Å². The van der Waals surface area contributed by atoms with Crippen LogP contribution in [0.4, 0.5) is 45.5 Å². The van der Waals surface area contributed by atoms with Crippen molar-refractivity contribution < 1.29 is 0 Å². The van der Waals surface area contributed by atoms with E-state index in [0.29, 0.717) is 0 Å². The highest BCUT2D eigenvalue weighted by Crippen LogP contribution is 2.64. The summed E-state index contributed by atoms with van der Waals surface area (Å²) in [6.07, 6.45) is 4.75. The Morgan fingerprint density at radius 1 is 0.430 bits per heavy atom. The van der Waals surface area contributed by atoms with E-state index in [0.717, 1.165) is 17.8 Å². The van der Waals surface area contributed by atoms with Crippen LogP contribution in [0, 0.1) is 0 Å². The van der Waals surface area contributed by atoms with Crippen molar-refractivity contribution in [3.05, 3.63) is 197 Å². The Bertz CT molecular complexity index is 3720. The molecule has 0 radical (unpaired) electrons. The first-order valence-corrected chi connectivity index (χ1v) is 29.7. The molecular formula is C75H82BN3. The summed E-state index contributed by atoms with van der Waals surface area (Å²) in [6.45, 7) is 38.5. The van der Waals surface area contributed by atoms with Gasteiger partial charge in [0.2, 0.25) is 0 Å². The number of anilines is 8. The normalized spacial score (nSPS) is 19.6. The molecule has 2 atom stereocenters. The lowest BCUT2D eigenvalue weighted by Gasteiger charge is -2.53. The van der Waals surface area contributed by atoms with Gasteiger partial charge in [0.25, 0.3) is 6.71 Å².